The molecule has 0 N–H and O–H groups in total. The Morgan fingerprint density at radius 2 is 1.94 bits per heavy atom. The first kappa shape index (κ1) is 13.6. The van der Waals surface area contributed by atoms with Crippen LogP contribution in [0.15, 0.2) is 18.2 Å². The number of aldehydes is 1. The summed E-state index contributed by atoms with van der Waals surface area (Å²) in [7, 11) is 0. The van der Waals surface area contributed by atoms with E-state index in [1.165, 1.54) is 0 Å². The molecule has 3 nitrogen and oxygen atoms in total. The molecule has 3 heteroatoms. The van der Waals surface area contributed by atoms with Gasteiger partial charge in [-0.05, 0) is 31.9 Å². The molecule has 0 atom stereocenters. The van der Waals surface area contributed by atoms with Crippen molar-refractivity contribution in [2.45, 2.75) is 39.7 Å². The van der Waals surface area contributed by atoms with Crippen molar-refractivity contribution in [1.29, 1.82) is 0 Å². The summed E-state index contributed by atoms with van der Waals surface area (Å²) in [6, 6.07) is 5.33. The summed E-state index contributed by atoms with van der Waals surface area (Å²) in [5, 5.41) is 0. The lowest BCUT2D eigenvalue weighted by Crippen LogP contribution is -2.13. The van der Waals surface area contributed by atoms with Crippen molar-refractivity contribution in [3.8, 4) is 11.5 Å². The third-order valence-corrected chi connectivity index (χ3v) is 2.63. The van der Waals surface area contributed by atoms with Crippen molar-refractivity contribution < 1.29 is 14.3 Å². The molecule has 1 aromatic rings. The summed E-state index contributed by atoms with van der Waals surface area (Å²) < 4.78 is 11.2. The smallest absolute Gasteiger partial charge is 0.153 e. The van der Waals surface area contributed by atoms with Gasteiger partial charge in [0.2, 0.25) is 0 Å². The molecule has 0 fully saturated rings. The predicted molar refractivity (Wildman–Crippen MR) is 68.0 cm³/mol. The van der Waals surface area contributed by atoms with Gasteiger partial charge in [-0.15, -0.1) is 0 Å². The van der Waals surface area contributed by atoms with E-state index in [4.69, 9.17) is 9.47 Å². The van der Waals surface area contributed by atoms with Gasteiger partial charge < -0.3 is 9.47 Å². The molecule has 0 bridgehead atoms. The Balaban J connectivity index is 2.87. The molecule has 1 rings (SSSR count). The predicted octanol–water partition coefficient (Wildman–Crippen LogP) is 3.47. The first-order valence-corrected chi connectivity index (χ1v) is 6.13. The van der Waals surface area contributed by atoms with Crippen LogP contribution in [-0.4, -0.2) is 19.0 Å². The van der Waals surface area contributed by atoms with Gasteiger partial charge in [0, 0.05) is 6.07 Å². The largest absolute Gasteiger partial charge is 0.493 e. The van der Waals surface area contributed by atoms with E-state index in [0.29, 0.717) is 17.9 Å². The standard InChI is InChI=1S/C14H20O3/c1-4-12(5-2)17-13-8-7-11(10-15)14(9-13)16-6-3/h7-10,12H,4-6H2,1-3H3. The van der Waals surface area contributed by atoms with Gasteiger partial charge in [-0.2, -0.15) is 0 Å². The third-order valence-electron chi connectivity index (χ3n) is 2.63. The fourth-order valence-electron chi connectivity index (χ4n) is 1.61. The molecule has 0 spiro atoms. The van der Waals surface area contributed by atoms with Crippen LogP contribution in [0.4, 0.5) is 0 Å². The van der Waals surface area contributed by atoms with E-state index >= 15 is 0 Å². The molecule has 0 aliphatic carbocycles. The molecule has 1 aromatic carbocycles. The number of carbonyl (C=O) groups is 1. The van der Waals surface area contributed by atoms with Crippen LogP contribution in [0.3, 0.4) is 0 Å². The summed E-state index contributed by atoms with van der Waals surface area (Å²) in [6.07, 6.45) is 2.95. The van der Waals surface area contributed by atoms with Crippen molar-refractivity contribution >= 4 is 6.29 Å². The van der Waals surface area contributed by atoms with Crippen molar-refractivity contribution in [3.63, 3.8) is 0 Å². The number of hydrogen-bond donors (Lipinski definition) is 0. The Labute approximate surface area is 103 Å². The van der Waals surface area contributed by atoms with Gasteiger partial charge in [-0.1, -0.05) is 13.8 Å². The van der Waals surface area contributed by atoms with Gasteiger partial charge in [-0.3, -0.25) is 4.79 Å². The average Bonchev–Trinajstić information content (AvgIpc) is 2.36. The fraction of sp³-hybridized carbons (Fsp3) is 0.500. The lowest BCUT2D eigenvalue weighted by Gasteiger charge is -2.16. The molecular formula is C14H20O3. The zero-order valence-corrected chi connectivity index (χ0v) is 10.7. The number of carbonyl (C=O) groups excluding carboxylic acids is 1. The normalized spacial score (nSPS) is 10.4. The monoisotopic (exact) mass is 236 g/mol. The van der Waals surface area contributed by atoms with Crippen LogP contribution < -0.4 is 9.47 Å². The minimum Gasteiger partial charge on any atom is -0.493 e. The highest BCUT2D eigenvalue weighted by Gasteiger charge is 2.08. The molecule has 0 saturated carbocycles. The van der Waals surface area contributed by atoms with Crippen LogP contribution in [0.1, 0.15) is 44.0 Å². The topological polar surface area (TPSA) is 35.5 Å². The summed E-state index contributed by atoms with van der Waals surface area (Å²) >= 11 is 0. The van der Waals surface area contributed by atoms with E-state index in [0.717, 1.165) is 24.9 Å². The lowest BCUT2D eigenvalue weighted by atomic mass is 10.2. The minimum atomic E-state index is 0.214. The number of benzene rings is 1. The molecule has 17 heavy (non-hydrogen) atoms. The average molecular weight is 236 g/mol. The first-order chi connectivity index (χ1) is 8.24. The quantitative estimate of drug-likeness (QED) is 0.680. The van der Waals surface area contributed by atoms with Gasteiger partial charge in [0.25, 0.3) is 0 Å². The second-order valence-electron chi connectivity index (χ2n) is 3.81. The van der Waals surface area contributed by atoms with Gasteiger partial charge >= 0.3 is 0 Å². The van der Waals surface area contributed by atoms with E-state index in [1.807, 2.05) is 13.0 Å². The molecule has 0 heterocycles. The highest BCUT2D eigenvalue weighted by Crippen LogP contribution is 2.25. The van der Waals surface area contributed by atoms with E-state index in [-0.39, 0.29) is 6.10 Å². The third kappa shape index (κ3) is 3.77. The Hall–Kier alpha value is -1.51. The maximum atomic E-state index is 10.8. The second-order valence-corrected chi connectivity index (χ2v) is 3.81. The number of hydrogen-bond acceptors (Lipinski definition) is 3. The molecule has 0 aliphatic heterocycles. The van der Waals surface area contributed by atoms with E-state index in [9.17, 15) is 4.79 Å². The summed E-state index contributed by atoms with van der Waals surface area (Å²) in [4.78, 5) is 10.8. The summed E-state index contributed by atoms with van der Waals surface area (Å²) in [5.41, 5.74) is 0.559. The SMILES string of the molecule is CCOc1cc(OC(CC)CC)ccc1C=O. The Morgan fingerprint density at radius 3 is 2.47 bits per heavy atom. The van der Waals surface area contributed by atoms with Crippen LogP contribution in [0.2, 0.25) is 0 Å². The van der Waals surface area contributed by atoms with Crippen molar-refractivity contribution in [2.75, 3.05) is 6.61 Å². The Kier molecular flexibility index (Phi) is 5.53. The summed E-state index contributed by atoms with van der Waals surface area (Å²) in [6.45, 7) is 6.62. The van der Waals surface area contributed by atoms with Crippen LogP contribution in [0, 0.1) is 0 Å². The zero-order valence-electron chi connectivity index (χ0n) is 10.7. The van der Waals surface area contributed by atoms with E-state index < -0.39 is 0 Å². The van der Waals surface area contributed by atoms with Crippen molar-refractivity contribution in [1.82, 2.24) is 0 Å². The van der Waals surface area contributed by atoms with Crippen LogP contribution in [0.5, 0.6) is 11.5 Å². The van der Waals surface area contributed by atoms with Crippen molar-refractivity contribution in [2.24, 2.45) is 0 Å². The summed E-state index contributed by atoms with van der Waals surface area (Å²) in [5.74, 6) is 1.35. The van der Waals surface area contributed by atoms with Crippen molar-refractivity contribution in [3.05, 3.63) is 23.8 Å². The van der Waals surface area contributed by atoms with Gasteiger partial charge in [0.05, 0.1) is 18.3 Å². The van der Waals surface area contributed by atoms with E-state index in [1.54, 1.807) is 12.1 Å². The Morgan fingerprint density at radius 1 is 1.24 bits per heavy atom. The molecule has 0 aliphatic rings. The van der Waals surface area contributed by atoms with Gasteiger partial charge in [0.1, 0.15) is 11.5 Å². The minimum absolute atomic E-state index is 0.214. The number of ether oxygens (including phenoxy) is 2. The fourth-order valence-corrected chi connectivity index (χ4v) is 1.61. The molecule has 0 aromatic heterocycles. The molecule has 0 radical (unpaired) electrons. The molecular weight excluding hydrogens is 216 g/mol. The molecule has 0 saturated heterocycles. The van der Waals surface area contributed by atoms with E-state index in [2.05, 4.69) is 13.8 Å². The number of rotatable bonds is 7. The first-order valence-electron chi connectivity index (χ1n) is 6.13. The highest BCUT2D eigenvalue weighted by atomic mass is 16.5. The van der Waals surface area contributed by atoms with Gasteiger partial charge in [0.15, 0.2) is 6.29 Å². The van der Waals surface area contributed by atoms with Gasteiger partial charge in [-0.25, -0.2) is 0 Å². The second kappa shape index (κ2) is 6.94. The molecule has 94 valence electrons. The zero-order chi connectivity index (χ0) is 12.7. The van der Waals surface area contributed by atoms with Crippen LogP contribution >= 0.6 is 0 Å². The lowest BCUT2D eigenvalue weighted by molar-refractivity contribution is 0.111. The maximum Gasteiger partial charge on any atom is 0.153 e. The highest BCUT2D eigenvalue weighted by molar-refractivity contribution is 5.79. The Bertz CT molecular complexity index is 356. The van der Waals surface area contributed by atoms with Crippen LogP contribution in [-0.2, 0) is 0 Å². The van der Waals surface area contributed by atoms with Crippen LogP contribution in [0.25, 0.3) is 0 Å². The molecule has 0 unspecified atom stereocenters. The maximum absolute atomic E-state index is 10.8. The molecule has 0 amide bonds.